The van der Waals surface area contributed by atoms with Crippen LogP contribution in [0.1, 0.15) is 21.7 Å². The molecule has 1 amide bonds. The number of aryl methyl sites for hydroxylation is 1. The highest BCUT2D eigenvalue weighted by molar-refractivity contribution is 8.05. The molecule has 2 heterocycles. The second-order valence-electron chi connectivity index (χ2n) is 7.03. The number of aromatic carboxylic acids is 1. The third-order valence-electron chi connectivity index (χ3n) is 4.75. The number of carbonyl (C=O) groups excluding carboxylic acids is 1. The van der Waals surface area contributed by atoms with Gasteiger partial charge in [0, 0.05) is 11.6 Å². The van der Waals surface area contributed by atoms with E-state index in [1.807, 2.05) is 25.1 Å². The van der Waals surface area contributed by atoms with Crippen LogP contribution in [0.5, 0.6) is 5.75 Å². The zero-order chi connectivity index (χ0) is 22.8. The molecule has 3 N–H and O–H groups in total. The van der Waals surface area contributed by atoms with E-state index in [0.29, 0.717) is 27.7 Å². The van der Waals surface area contributed by atoms with Crippen LogP contribution < -0.4 is 15.4 Å². The fourth-order valence-electron chi connectivity index (χ4n) is 3.20. The molecule has 1 atom stereocenters. The maximum atomic E-state index is 12.4. The van der Waals surface area contributed by atoms with Crippen molar-refractivity contribution in [3.8, 4) is 17.1 Å². The molecule has 2 aromatic carbocycles. The Morgan fingerprint density at radius 1 is 1.25 bits per heavy atom. The average Bonchev–Trinajstić information content (AvgIpc) is 3.35. The summed E-state index contributed by atoms with van der Waals surface area (Å²) < 4.78 is 11.2. The van der Waals surface area contributed by atoms with E-state index in [4.69, 9.17) is 20.8 Å². The topological polar surface area (TPSA) is 101 Å². The predicted octanol–water partition coefficient (Wildman–Crippen LogP) is 5.21. The molecule has 1 aromatic heterocycles. The molecule has 164 valence electrons. The monoisotopic (exact) mass is 470 g/mol. The van der Waals surface area contributed by atoms with Crippen LogP contribution in [0.15, 0.2) is 57.9 Å². The van der Waals surface area contributed by atoms with Crippen LogP contribution in [0, 0.1) is 6.92 Å². The standard InChI is InChI=1S/C23H19ClN2O5S/c1-12-3-7-19(30-2)17(9-12)25-23-26-21(27)20(32-23)11-14-5-8-18(31-14)13-4-6-16(24)15(10-13)22(28)29/h3-11,23,25H,1-2H3,(H,26,27)(H,28,29)/b20-11-. The van der Waals surface area contributed by atoms with Gasteiger partial charge in [0.1, 0.15) is 17.3 Å². The summed E-state index contributed by atoms with van der Waals surface area (Å²) in [6.45, 7) is 1.98. The summed E-state index contributed by atoms with van der Waals surface area (Å²) in [7, 11) is 1.59. The molecular formula is C23H19ClN2O5S. The second-order valence-corrected chi connectivity index (χ2v) is 8.58. The van der Waals surface area contributed by atoms with Crippen molar-refractivity contribution in [2.75, 3.05) is 12.4 Å². The summed E-state index contributed by atoms with van der Waals surface area (Å²) in [5.74, 6) is 0.282. The molecular weight excluding hydrogens is 452 g/mol. The van der Waals surface area contributed by atoms with Crippen LogP contribution in [0.2, 0.25) is 5.02 Å². The van der Waals surface area contributed by atoms with Crippen LogP contribution in [0.25, 0.3) is 17.4 Å². The van der Waals surface area contributed by atoms with E-state index in [9.17, 15) is 14.7 Å². The minimum atomic E-state index is -1.12. The number of hydrogen-bond donors (Lipinski definition) is 3. The molecule has 32 heavy (non-hydrogen) atoms. The number of furan rings is 1. The highest BCUT2D eigenvalue weighted by Crippen LogP contribution is 2.34. The zero-order valence-electron chi connectivity index (χ0n) is 17.1. The van der Waals surface area contributed by atoms with Crippen molar-refractivity contribution in [3.05, 3.63) is 75.3 Å². The first-order chi connectivity index (χ1) is 15.3. The van der Waals surface area contributed by atoms with Crippen molar-refractivity contribution in [1.29, 1.82) is 0 Å². The molecule has 1 saturated heterocycles. The van der Waals surface area contributed by atoms with Gasteiger partial charge in [-0.15, -0.1) is 0 Å². The fraction of sp³-hybridized carbons (Fsp3) is 0.130. The summed E-state index contributed by atoms with van der Waals surface area (Å²) in [4.78, 5) is 24.2. The van der Waals surface area contributed by atoms with Gasteiger partial charge < -0.3 is 24.9 Å². The maximum Gasteiger partial charge on any atom is 0.337 e. The number of hydrogen-bond acceptors (Lipinski definition) is 6. The van der Waals surface area contributed by atoms with Gasteiger partial charge >= 0.3 is 5.97 Å². The number of methoxy groups -OCH3 is 1. The quantitative estimate of drug-likeness (QED) is 0.425. The number of thioether (sulfide) groups is 1. The zero-order valence-corrected chi connectivity index (χ0v) is 18.7. The predicted molar refractivity (Wildman–Crippen MR) is 125 cm³/mol. The highest BCUT2D eigenvalue weighted by Gasteiger charge is 2.28. The largest absolute Gasteiger partial charge is 0.495 e. The lowest BCUT2D eigenvalue weighted by Gasteiger charge is -2.16. The van der Waals surface area contributed by atoms with Crippen LogP contribution in [0.4, 0.5) is 5.69 Å². The molecule has 1 aliphatic heterocycles. The fourth-order valence-corrected chi connectivity index (χ4v) is 4.35. The number of carboxylic acids is 1. The number of benzene rings is 2. The Labute approximate surface area is 193 Å². The minimum Gasteiger partial charge on any atom is -0.495 e. The van der Waals surface area contributed by atoms with Crippen molar-refractivity contribution in [1.82, 2.24) is 5.32 Å². The summed E-state index contributed by atoms with van der Waals surface area (Å²) >= 11 is 7.26. The molecule has 3 aromatic rings. The average molecular weight is 471 g/mol. The molecule has 0 bridgehead atoms. The Morgan fingerprint density at radius 3 is 2.81 bits per heavy atom. The van der Waals surface area contributed by atoms with Gasteiger partial charge in [-0.3, -0.25) is 4.79 Å². The maximum absolute atomic E-state index is 12.4. The molecule has 1 aliphatic rings. The van der Waals surface area contributed by atoms with E-state index in [1.165, 1.54) is 23.9 Å². The van der Waals surface area contributed by atoms with E-state index < -0.39 is 5.97 Å². The Hall–Kier alpha value is -3.36. The molecule has 0 saturated carbocycles. The molecule has 4 rings (SSSR count). The summed E-state index contributed by atoms with van der Waals surface area (Å²) in [5.41, 5.74) is 2.05. The van der Waals surface area contributed by atoms with Crippen LogP contribution in [0.3, 0.4) is 0 Å². The van der Waals surface area contributed by atoms with Crippen molar-refractivity contribution < 1.29 is 23.8 Å². The summed E-state index contributed by atoms with van der Waals surface area (Å²) in [5, 5.41) is 15.5. The lowest BCUT2D eigenvalue weighted by molar-refractivity contribution is -0.116. The van der Waals surface area contributed by atoms with E-state index in [0.717, 1.165) is 11.3 Å². The second kappa shape index (κ2) is 9.02. The van der Waals surface area contributed by atoms with Gasteiger partial charge in [-0.05, 0) is 55.0 Å². The van der Waals surface area contributed by atoms with Gasteiger partial charge in [0.15, 0.2) is 5.50 Å². The first kappa shape index (κ1) is 21.9. The van der Waals surface area contributed by atoms with E-state index >= 15 is 0 Å². The minimum absolute atomic E-state index is 0.00769. The number of anilines is 1. The molecule has 1 unspecified atom stereocenters. The Bertz CT molecular complexity index is 1240. The lowest BCUT2D eigenvalue weighted by atomic mass is 10.1. The third kappa shape index (κ3) is 4.61. The summed E-state index contributed by atoms with van der Waals surface area (Å²) in [6, 6.07) is 13.8. The molecule has 0 radical (unpaired) electrons. The number of halogens is 1. The highest BCUT2D eigenvalue weighted by atomic mass is 35.5. The molecule has 7 nitrogen and oxygen atoms in total. The Balaban J connectivity index is 1.52. The number of carbonyl (C=O) groups is 2. The van der Waals surface area contributed by atoms with Crippen LogP contribution in [-0.2, 0) is 4.79 Å². The Kier molecular flexibility index (Phi) is 6.16. The van der Waals surface area contributed by atoms with Gasteiger partial charge in [0.05, 0.1) is 28.3 Å². The van der Waals surface area contributed by atoms with Gasteiger partial charge in [-0.2, -0.15) is 0 Å². The third-order valence-corrected chi connectivity index (χ3v) is 6.11. The van der Waals surface area contributed by atoms with E-state index in [1.54, 1.807) is 31.4 Å². The van der Waals surface area contributed by atoms with E-state index in [-0.39, 0.29) is 22.0 Å². The first-order valence-electron chi connectivity index (χ1n) is 9.57. The SMILES string of the molecule is COc1ccc(C)cc1NC1NC(=O)/C(=C/c2ccc(-c3ccc(Cl)c(C(=O)O)c3)o2)S1. The number of ether oxygens (including phenoxy) is 1. The van der Waals surface area contributed by atoms with Crippen molar-refractivity contribution in [3.63, 3.8) is 0 Å². The molecule has 0 spiro atoms. The lowest BCUT2D eigenvalue weighted by Crippen LogP contribution is -2.31. The van der Waals surface area contributed by atoms with Gasteiger partial charge in [-0.1, -0.05) is 29.4 Å². The molecule has 1 fully saturated rings. The first-order valence-corrected chi connectivity index (χ1v) is 10.8. The number of carboxylic acid groups (broad SMARTS) is 1. The van der Waals surface area contributed by atoms with Crippen molar-refractivity contribution >= 4 is 47.0 Å². The molecule has 0 aliphatic carbocycles. The molecule has 9 heteroatoms. The Morgan fingerprint density at radius 2 is 2.06 bits per heavy atom. The van der Waals surface area contributed by atoms with Gasteiger partial charge in [0.2, 0.25) is 0 Å². The van der Waals surface area contributed by atoms with Gasteiger partial charge in [-0.25, -0.2) is 4.79 Å². The van der Waals surface area contributed by atoms with Crippen molar-refractivity contribution in [2.24, 2.45) is 0 Å². The number of nitrogens with one attached hydrogen (secondary N) is 2. The van der Waals surface area contributed by atoms with E-state index in [2.05, 4.69) is 10.6 Å². The normalized spacial score (nSPS) is 16.8. The van der Waals surface area contributed by atoms with Crippen LogP contribution in [-0.4, -0.2) is 29.6 Å². The summed E-state index contributed by atoms with van der Waals surface area (Å²) in [6.07, 6.45) is 1.65. The van der Waals surface area contributed by atoms with Gasteiger partial charge in [0.25, 0.3) is 5.91 Å². The number of rotatable bonds is 6. The number of amides is 1. The van der Waals surface area contributed by atoms with Crippen molar-refractivity contribution in [2.45, 2.75) is 12.4 Å². The van der Waals surface area contributed by atoms with Crippen LogP contribution >= 0.6 is 23.4 Å². The smallest absolute Gasteiger partial charge is 0.337 e.